The molecule has 4 heteroatoms. The fourth-order valence-electron chi connectivity index (χ4n) is 2.79. The second-order valence-electron chi connectivity index (χ2n) is 5.32. The molecule has 2 rings (SSSR count). The van der Waals surface area contributed by atoms with Crippen LogP contribution in [0.2, 0.25) is 5.02 Å². The third kappa shape index (κ3) is 2.98. The van der Waals surface area contributed by atoms with Crippen molar-refractivity contribution in [3.05, 3.63) is 34.6 Å². The van der Waals surface area contributed by atoms with E-state index in [1.165, 1.54) is 12.1 Å². The molecule has 0 saturated carbocycles. The molecule has 1 aromatic carbocycles. The topological polar surface area (TPSA) is 26.3 Å². The van der Waals surface area contributed by atoms with Gasteiger partial charge in [-0.15, -0.1) is 0 Å². The maximum atomic E-state index is 13.4. The van der Waals surface area contributed by atoms with Crippen LogP contribution in [0.15, 0.2) is 18.2 Å². The molecule has 0 bridgehead atoms. The molecule has 1 fully saturated rings. The molecule has 1 saturated heterocycles. The van der Waals surface area contributed by atoms with Gasteiger partial charge in [0.05, 0.1) is 17.2 Å². The average molecular weight is 285 g/mol. The van der Waals surface area contributed by atoms with Gasteiger partial charge in [0.15, 0.2) is 0 Å². The van der Waals surface area contributed by atoms with Crippen LogP contribution in [-0.2, 0) is 16.0 Å². The summed E-state index contributed by atoms with van der Waals surface area (Å²) in [6, 6.07) is 4.51. The summed E-state index contributed by atoms with van der Waals surface area (Å²) in [5, 5.41) is 0.0794. The summed E-state index contributed by atoms with van der Waals surface area (Å²) >= 11 is 5.63. The summed E-state index contributed by atoms with van der Waals surface area (Å²) in [5.41, 5.74) is 0.658. The Balaban J connectivity index is 2.10. The smallest absolute Gasteiger partial charge is 0.143 e. The molecule has 4 unspecified atom stereocenters. The molecule has 104 valence electrons. The summed E-state index contributed by atoms with van der Waals surface area (Å²) in [4.78, 5) is 12.3. The van der Waals surface area contributed by atoms with Gasteiger partial charge in [-0.3, -0.25) is 4.79 Å². The molecule has 1 aliphatic heterocycles. The van der Waals surface area contributed by atoms with Gasteiger partial charge in [0.25, 0.3) is 0 Å². The van der Waals surface area contributed by atoms with Crippen LogP contribution in [0.5, 0.6) is 0 Å². The number of Topliss-reactive ketones (excluding diaryl/α,β-unsaturated/α-hetero) is 1. The van der Waals surface area contributed by atoms with Crippen molar-refractivity contribution in [2.24, 2.45) is 11.8 Å². The van der Waals surface area contributed by atoms with Crippen molar-refractivity contribution in [1.82, 2.24) is 0 Å². The zero-order chi connectivity index (χ0) is 14.2. The quantitative estimate of drug-likeness (QED) is 0.847. The first-order valence-electron chi connectivity index (χ1n) is 6.52. The van der Waals surface area contributed by atoms with Gasteiger partial charge in [-0.2, -0.15) is 0 Å². The van der Waals surface area contributed by atoms with E-state index in [1.807, 2.05) is 20.8 Å². The van der Waals surface area contributed by atoms with E-state index >= 15 is 0 Å². The lowest BCUT2D eigenvalue weighted by Crippen LogP contribution is -2.28. The number of halogens is 2. The van der Waals surface area contributed by atoms with Crippen LogP contribution >= 0.6 is 11.6 Å². The van der Waals surface area contributed by atoms with Crippen molar-refractivity contribution < 1.29 is 13.9 Å². The monoisotopic (exact) mass is 284 g/mol. The number of benzene rings is 1. The van der Waals surface area contributed by atoms with Gasteiger partial charge >= 0.3 is 0 Å². The van der Waals surface area contributed by atoms with Crippen molar-refractivity contribution in [3.63, 3.8) is 0 Å². The normalized spacial score (nSPS) is 30.6. The van der Waals surface area contributed by atoms with E-state index in [1.54, 1.807) is 6.07 Å². The SMILES string of the molecule is CC1OC(C)C(C(=O)Cc2ccc(Cl)c(F)c2)C1C. The van der Waals surface area contributed by atoms with Crippen LogP contribution in [0.1, 0.15) is 26.3 Å². The molecule has 0 aromatic heterocycles. The summed E-state index contributed by atoms with van der Waals surface area (Å²) in [5.74, 6) is -0.302. The highest BCUT2D eigenvalue weighted by molar-refractivity contribution is 6.30. The Labute approximate surface area is 117 Å². The molecule has 0 spiro atoms. The van der Waals surface area contributed by atoms with Crippen molar-refractivity contribution >= 4 is 17.4 Å². The first kappa shape index (κ1) is 14.5. The highest BCUT2D eigenvalue weighted by Crippen LogP contribution is 2.33. The average Bonchev–Trinajstić information content (AvgIpc) is 2.58. The van der Waals surface area contributed by atoms with Crippen LogP contribution in [-0.4, -0.2) is 18.0 Å². The van der Waals surface area contributed by atoms with Crippen LogP contribution < -0.4 is 0 Å². The predicted octanol–water partition coefficient (Wildman–Crippen LogP) is 3.65. The van der Waals surface area contributed by atoms with E-state index in [2.05, 4.69) is 0 Å². The second kappa shape index (κ2) is 5.59. The Kier molecular flexibility index (Phi) is 4.26. The lowest BCUT2D eigenvalue weighted by molar-refractivity contribution is -0.124. The first-order valence-corrected chi connectivity index (χ1v) is 6.90. The number of hydrogen-bond acceptors (Lipinski definition) is 2. The summed E-state index contributed by atoms with van der Waals surface area (Å²) < 4.78 is 19.0. The van der Waals surface area contributed by atoms with E-state index in [4.69, 9.17) is 16.3 Å². The molecule has 0 aliphatic carbocycles. The van der Waals surface area contributed by atoms with Gasteiger partial charge in [0, 0.05) is 12.3 Å². The Bertz CT molecular complexity index is 489. The lowest BCUT2D eigenvalue weighted by Gasteiger charge is -2.17. The molecule has 0 radical (unpaired) electrons. The van der Waals surface area contributed by atoms with Crippen molar-refractivity contribution in [1.29, 1.82) is 0 Å². The van der Waals surface area contributed by atoms with Crippen LogP contribution in [0.3, 0.4) is 0 Å². The molecule has 1 heterocycles. The molecule has 1 aromatic rings. The number of ketones is 1. The summed E-state index contributed by atoms with van der Waals surface area (Å²) in [6.07, 6.45) is 0.240. The lowest BCUT2D eigenvalue weighted by atomic mass is 9.84. The first-order chi connectivity index (χ1) is 8.90. The number of carbonyl (C=O) groups excluding carboxylic acids is 1. The molecule has 0 amide bonds. The highest BCUT2D eigenvalue weighted by Gasteiger charge is 2.40. The fourth-order valence-corrected chi connectivity index (χ4v) is 2.91. The Morgan fingerprint density at radius 3 is 2.53 bits per heavy atom. The molecule has 19 heavy (non-hydrogen) atoms. The minimum absolute atomic E-state index is 0.0744. The second-order valence-corrected chi connectivity index (χ2v) is 5.73. The third-order valence-electron chi connectivity index (χ3n) is 3.98. The van der Waals surface area contributed by atoms with Gasteiger partial charge in [-0.25, -0.2) is 4.39 Å². The van der Waals surface area contributed by atoms with Gasteiger partial charge < -0.3 is 4.74 Å². The van der Waals surface area contributed by atoms with Crippen LogP contribution in [0.4, 0.5) is 4.39 Å². The van der Waals surface area contributed by atoms with Crippen LogP contribution in [0, 0.1) is 17.7 Å². The Morgan fingerprint density at radius 1 is 1.32 bits per heavy atom. The van der Waals surface area contributed by atoms with E-state index < -0.39 is 5.82 Å². The van der Waals surface area contributed by atoms with Crippen molar-refractivity contribution in [2.45, 2.75) is 39.4 Å². The predicted molar refractivity (Wildman–Crippen MR) is 72.8 cm³/mol. The van der Waals surface area contributed by atoms with Gasteiger partial charge in [0.2, 0.25) is 0 Å². The number of rotatable bonds is 3. The zero-order valence-electron chi connectivity index (χ0n) is 11.3. The van der Waals surface area contributed by atoms with E-state index in [-0.39, 0.29) is 41.3 Å². The Hall–Kier alpha value is -0.930. The maximum absolute atomic E-state index is 13.4. The molecular weight excluding hydrogens is 267 g/mol. The van der Waals surface area contributed by atoms with E-state index in [9.17, 15) is 9.18 Å². The molecular formula is C15H18ClFO2. The van der Waals surface area contributed by atoms with Crippen molar-refractivity contribution in [2.75, 3.05) is 0 Å². The van der Waals surface area contributed by atoms with Gasteiger partial charge in [-0.05, 0) is 37.5 Å². The number of carbonyl (C=O) groups is 1. The van der Waals surface area contributed by atoms with Crippen LogP contribution in [0.25, 0.3) is 0 Å². The van der Waals surface area contributed by atoms with E-state index in [0.717, 1.165) is 0 Å². The standard InChI is InChI=1S/C15H18ClFO2/c1-8-9(2)19-10(3)15(8)14(18)7-11-4-5-12(16)13(17)6-11/h4-6,8-10,15H,7H2,1-3H3. The van der Waals surface area contributed by atoms with Crippen molar-refractivity contribution in [3.8, 4) is 0 Å². The maximum Gasteiger partial charge on any atom is 0.143 e. The van der Waals surface area contributed by atoms with E-state index in [0.29, 0.717) is 5.56 Å². The number of hydrogen-bond donors (Lipinski definition) is 0. The van der Waals surface area contributed by atoms with Gasteiger partial charge in [-0.1, -0.05) is 24.6 Å². The minimum Gasteiger partial charge on any atom is -0.375 e. The minimum atomic E-state index is -0.482. The molecule has 1 aliphatic rings. The fraction of sp³-hybridized carbons (Fsp3) is 0.533. The summed E-state index contributed by atoms with van der Waals surface area (Å²) in [7, 11) is 0. The highest BCUT2D eigenvalue weighted by atomic mass is 35.5. The number of ether oxygens (including phenoxy) is 1. The third-order valence-corrected chi connectivity index (χ3v) is 4.28. The molecule has 2 nitrogen and oxygen atoms in total. The zero-order valence-corrected chi connectivity index (χ0v) is 12.1. The largest absolute Gasteiger partial charge is 0.375 e. The molecule has 0 N–H and O–H groups in total. The molecule has 4 atom stereocenters. The summed E-state index contributed by atoms with van der Waals surface area (Å²) in [6.45, 7) is 5.93. The van der Waals surface area contributed by atoms with Gasteiger partial charge in [0.1, 0.15) is 11.6 Å². The Morgan fingerprint density at radius 2 is 2.00 bits per heavy atom.